The Labute approximate surface area is 145 Å². The van der Waals surface area contributed by atoms with Crippen molar-refractivity contribution in [3.8, 4) is 0 Å². The lowest BCUT2D eigenvalue weighted by Gasteiger charge is -2.22. The van der Waals surface area contributed by atoms with Gasteiger partial charge in [0.15, 0.2) is 0 Å². The fourth-order valence-corrected chi connectivity index (χ4v) is 3.97. The predicted octanol–water partition coefficient (Wildman–Crippen LogP) is 0.564. The third-order valence-corrected chi connectivity index (χ3v) is 5.24. The van der Waals surface area contributed by atoms with Crippen LogP contribution in [0.3, 0.4) is 0 Å². The molecule has 2 saturated heterocycles. The lowest BCUT2D eigenvalue weighted by atomic mass is 9.81. The summed E-state index contributed by atoms with van der Waals surface area (Å²) in [5.41, 5.74) is 1.28. The Morgan fingerprint density at radius 1 is 1.32 bits per heavy atom. The minimum absolute atomic E-state index is 0.141. The zero-order valence-corrected chi connectivity index (χ0v) is 13.8. The molecule has 1 aromatic carbocycles. The number of aliphatic carboxylic acids is 1. The van der Waals surface area contributed by atoms with Crippen LogP contribution in [-0.4, -0.2) is 51.3 Å². The van der Waals surface area contributed by atoms with E-state index >= 15 is 0 Å². The number of hydrogen-bond acceptors (Lipinski definition) is 4. The van der Waals surface area contributed by atoms with Gasteiger partial charge in [-0.2, -0.15) is 5.10 Å². The summed E-state index contributed by atoms with van der Waals surface area (Å²) in [5.74, 6) is -1.49. The van der Waals surface area contributed by atoms with E-state index in [0.29, 0.717) is 26.2 Å². The van der Waals surface area contributed by atoms with Gasteiger partial charge in [0.1, 0.15) is 5.41 Å². The number of nitrogens with one attached hydrogen (secondary N) is 1. The minimum atomic E-state index is -0.982. The molecule has 2 N–H and O–H groups in total. The molecule has 130 valence electrons. The number of carbonyl (C=O) groups is 2. The molecule has 2 aromatic rings. The van der Waals surface area contributed by atoms with E-state index < -0.39 is 17.3 Å². The van der Waals surface area contributed by atoms with E-state index in [1.54, 1.807) is 6.20 Å². The van der Waals surface area contributed by atoms with Crippen LogP contribution in [0.2, 0.25) is 0 Å². The van der Waals surface area contributed by atoms with Gasteiger partial charge in [-0.15, -0.1) is 0 Å². The molecule has 0 unspecified atom stereocenters. The van der Waals surface area contributed by atoms with Crippen LogP contribution in [0.4, 0.5) is 0 Å². The summed E-state index contributed by atoms with van der Waals surface area (Å²) >= 11 is 0. The van der Waals surface area contributed by atoms with Crippen molar-refractivity contribution >= 4 is 11.9 Å². The molecule has 0 bridgehead atoms. The van der Waals surface area contributed by atoms with Crippen molar-refractivity contribution in [3.05, 3.63) is 53.9 Å². The summed E-state index contributed by atoms with van der Waals surface area (Å²) in [6.45, 7) is 2.45. The highest BCUT2D eigenvalue weighted by Crippen LogP contribution is 2.40. The number of carboxylic acid groups (broad SMARTS) is 1. The van der Waals surface area contributed by atoms with Gasteiger partial charge in [0.2, 0.25) is 5.91 Å². The number of nitrogens with zero attached hydrogens (tertiary/aromatic N) is 3. The molecular weight excluding hydrogens is 320 g/mol. The van der Waals surface area contributed by atoms with Crippen LogP contribution in [0.1, 0.15) is 11.1 Å². The molecule has 1 amide bonds. The van der Waals surface area contributed by atoms with Crippen LogP contribution in [0.15, 0.2) is 42.7 Å². The third-order valence-electron chi connectivity index (χ3n) is 5.24. The number of likely N-dealkylation sites (tertiary alicyclic amines) is 1. The van der Waals surface area contributed by atoms with Gasteiger partial charge in [-0.05, 0) is 17.2 Å². The second-order valence-electron chi connectivity index (χ2n) is 6.92. The molecule has 4 rings (SSSR count). The van der Waals surface area contributed by atoms with Crippen LogP contribution in [0.5, 0.6) is 0 Å². The Morgan fingerprint density at radius 2 is 2.12 bits per heavy atom. The van der Waals surface area contributed by atoms with Crippen molar-refractivity contribution < 1.29 is 14.7 Å². The van der Waals surface area contributed by atoms with Crippen molar-refractivity contribution in [3.63, 3.8) is 0 Å². The normalized spacial score (nSPS) is 25.8. The molecule has 7 nitrogen and oxygen atoms in total. The maximum Gasteiger partial charge on any atom is 0.313 e. The average molecular weight is 340 g/mol. The molecule has 0 aliphatic carbocycles. The Kier molecular flexibility index (Phi) is 3.80. The smallest absolute Gasteiger partial charge is 0.313 e. The molecule has 0 radical (unpaired) electrons. The second-order valence-corrected chi connectivity index (χ2v) is 6.92. The highest BCUT2D eigenvalue weighted by Gasteiger charge is 2.59. The van der Waals surface area contributed by atoms with Gasteiger partial charge in [0, 0.05) is 38.6 Å². The molecule has 2 aliphatic rings. The summed E-state index contributed by atoms with van der Waals surface area (Å²) in [7, 11) is 0. The van der Waals surface area contributed by atoms with Crippen molar-refractivity contribution in [2.45, 2.75) is 13.1 Å². The second kappa shape index (κ2) is 6.00. The van der Waals surface area contributed by atoms with Crippen LogP contribution in [-0.2, 0) is 22.7 Å². The fraction of sp³-hybridized carbons (Fsp3) is 0.389. The fourth-order valence-electron chi connectivity index (χ4n) is 3.97. The molecule has 2 atom stereocenters. The summed E-state index contributed by atoms with van der Waals surface area (Å²) < 4.78 is 1.86. The number of carboxylic acids is 1. The van der Waals surface area contributed by atoms with Crippen molar-refractivity contribution in [2.75, 3.05) is 19.6 Å². The Bertz CT molecular complexity index is 804. The van der Waals surface area contributed by atoms with E-state index in [0.717, 1.165) is 11.1 Å². The lowest BCUT2D eigenvalue weighted by Crippen LogP contribution is -2.40. The van der Waals surface area contributed by atoms with Gasteiger partial charge < -0.3 is 10.4 Å². The van der Waals surface area contributed by atoms with E-state index in [9.17, 15) is 14.7 Å². The van der Waals surface area contributed by atoms with Crippen LogP contribution < -0.4 is 5.32 Å². The summed E-state index contributed by atoms with van der Waals surface area (Å²) in [4.78, 5) is 25.8. The number of benzene rings is 1. The number of carbonyl (C=O) groups excluding carboxylic acids is 1. The van der Waals surface area contributed by atoms with Crippen molar-refractivity contribution in [1.29, 1.82) is 0 Å². The summed E-state index contributed by atoms with van der Waals surface area (Å²) in [6, 6.07) is 10.1. The van der Waals surface area contributed by atoms with Gasteiger partial charge >= 0.3 is 5.97 Å². The molecule has 2 fully saturated rings. The highest BCUT2D eigenvalue weighted by molar-refractivity contribution is 5.92. The Hall–Kier alpha value is -2.67. The predicted molar refractivity (Wildman–Crippen MR) is 89.6 cm³/mol. The number of aromatic nitrogens is 2. The number of fused-ring (bicyclic) bond motifs is 1. The first kappa shape index (κ1) is 15.8. The number of rotatable bonds is 5. The van der Waals surface area contributed by atoms with Gasteiger partial charge in [0.25, 0.3) is 0 Å². The zero-order chi connectivity index (χ0) is 17.4. The van der Waals surface area contributed by atoms with E-state index in [1.165, 1.54) is 0 Å². The number of hydrogen-bond donors (Lipinski definition) is 2. The summed E-state index contributed by atoms with van der Waals surface area (Å²) in [6.07, 6.45) is 3.67. The monoisotopic (exact) mass is 340 g/mol. The first-order valence-electron chi connectivity index (χ1n) is 8.35. The van der Waals surface area contributed by atoms with Crippen molar-refractivity contribution in [1.82, 2.24) is 20.0 Å². The van der Waals surface area contributed by atoms with E-state index in [4.69, 9.17) is 0 Å². The maximum absolute atomic E-state index is 12.0. The van der Waals surface area contributed by atoms with E-state index in [1.807, 2.05) is 29.1 Å². The van der Waals surface area contributed by atoms with Crippen LogP contribution in [0, 0.1) is 11.3 Å². The molecule has 7 heteroatoms. The Balaban J connectivity index is 1.48. The zero-order valence-electron chi connectivity index (χ0n) is 13.8. The average Bonchev–Trinajstić information content (AvgIpc) is 3.27. The van der Waals surface area contributed by atoms with Crippen molar-refractivity contribution in [2.24, 2.45) is 11.3 Å². The van der Waals surface area contributed by atoms with Gasteiger partial charge in [-0.3, -0.25) is 19.2 Å². The largest absolute Gasteiger partial charge is 0.481 e. The maximum atomic E-state index is 12.0. The quantitative estimate of drug-likeness (QED) is 0.831. The van der Waals surface area contributed by atoms with Gasteiger partial charge in [-0.1, -0.05) is 24.3 Å². The molecule has 2 aliphatic heterocycles. The SMILES string of the molecule is O=C1NC[C@]2(C(=O)O)CN(Cc3cccc(Cn4cccn4)c3)C[C@H]12. The third kappa shape index (κ3) is 2.80. The minimum Gasteiger partial charge on any atom is -0.481 e. The topological polar surface area (TPSA) is 87.5 Å². The standard InChI is InChI=1S/C18H20N4O3/c23-16-15-10-21(12-18(15,11-19-16)17(24)25)8-13-3-1-4-14(7-13)9-22-6-2-5-20-22/h1-7,15H,8-12H2,(H,19,23)(H,24,25)/t15-,18+/m1/s1. The van der Waals surface area contributed by atoms with Gasteiger partial charge in [0.05, 0.1) is 12.5 Å². The molecular formula is C18H20N4O3. The first-order valence-corrected chi connectivity index (χ1v) is 8.35. The van der Waals surface area contributed by atoms with Crippen LogP contribution >= 0.6 is 0 Å². The molecule has 3 heterocycles. The molecule has 25 heavy (non-hydrogen) atoms. The van der Waals surface area contributed by atoms with Crippen LogP contribution in [0.25, 0.3) is 0 Å². The van der Waals surface area contributed by atoms with Gasteiger partial charge in [-0.25, -0.2) is 0 Å². The first-order chi connectivity index (χ1) is 12.1. The summed E-state index contributed by atoms with van der Waals surface area (Å²) in [5, 5.41) is 16.6. The molecule has 0 spiro atoms. The molecule has 0 saturated carbocycles. The van der Waals surface area contributed by atoms with E-state index in [2.05, 4.69) is 27.4 Å². The highest BCUT2D eigenvalue weighted by atomic mass is 16.4. The molecule has 1 aromatic heterocycles. The number of amides is 1. The Morgan fingerprint density at radius 3 is 2.80 bits per heavy atom. The lowest BCUT2D eigenvalue weighted by molar-refractivity contribution is -0.149. The van der Waals surface area contributed by atoms with E-state index in [-0.39, 0.29) is 12.5 Å².